The van der Waals surface area contributed by atoms with Gasteiger partial charge in [0.1, 0.15) is 0 Å². The Kier molecular flexibility index (Phi) is 5.62. The molecule has 1 rings (SSSR count). The van der Waals surface area contributed by atoms with Crippen molar-refractivity contribution in [2.75, 3.05) is 33.2 Å². The Balaban J connectivity index is 2.24. The van der Waals surface area contributed by atoms with E-state index in [1.165, 1.54) is 45.4 Å². The third-order valence-corrected chi connectivity index (χ3v) is 3.37. The standard InChI is InChI=1S/C13H28N2/c1-5-8-15-9-6-13(7-10-15)14(4)11-12(2)3/h12-13H,5-11H2,1-4H3. The number of piperidine rings is 1. The topological polar surface area (TPSA) is 6.48 Å². The Bertz CT molecular complexity index is 160. The van der Waals surface area contributed by atoms with Crippen molar-refractivity contribution in [3.05, 3.63) is 0 Å². The third-order valence-electron chi connectivity index (χ3n) is 3.37. The molecule has 2 nitrogen and oxygen atoms in total. The van der Waals surface area contributed by atoms with Gasteiger partial charge in [0, 0.05) is 12.6 Å². The fraction of sp³-hybridized carbons (Fsp3) is 1.00. The van der Waals surface area contributed by atoms with Gasteiger partial charge in [0.25, 0.3) is 0 Å². The summed E-state index contributed by atoms with van der Waals surface area (Å²) in [5.74, 6) is 0.795. The van der Waals surface area contributed by atoms with E-state index in [9.17, 15) is 0 Å². The highest BCUT2D eigenvalue weighted by atomic mass is 15.2. The third kappa shape index (κ3) is 4.52. The second-order valence-corrected chi connectivity index (χ2v) is 5.41. The first-order chi connectivity index (χ1) is 7.13. The molecule has 0 amide bonds. The largest absolute Gasteiger partial charge is 0.303 e. The lowest BCUT2D eigenvalue weighted by molar-refractivity contribution is 0.119. The fourth-order valence-electron chi connectivity index (χ4n) is 2.62. The Hall–Kier alpha value is -0.0800. The van der Waals surface area contributed by atoms with Crippen molar-refractivity contribution >= 4 is 0 Å². The molecule has 90 valence electrons. The molecule has 0 aromatic rings. The monoisotopic (exact) mass is 212 g/mol. The smallest absolute Gasteiger partial charge is 0.0117 e. The van der Waals surface area contributed by atoms with Gasteiger partial charge in [0.15, 0.2) is 0 Å². The van der Waals surface area contributed by atoms with Crippen LogP contribution in [0.25, 0.3) is 0 Å². The summed E-state index contributed by atoms with van der Waals surface area (Å²) in [7, 11) is 2.29. The van der Waals surface area contributed by atoms with E-state index >= 15 is 0 Å². The molecule has 0 atom stereocenters. The molecule has 2 heteroatoms. The summed E-state index contributed by atoms with van der Waals surface area (Å²) in [5, 5.41) is 0. The molecule has 1 heterocycles. The van der Waals surface area contributed by atoms with Gasteiger partial charge in [-0.05, 0) is 51.9 Å². The van der Waals surface area contributed by atoms with Gasteiger partial charge < -0.3 is 9.80 Å². The lowest BCUT2D eigenvalue weighted by Gasteiger charge is -2.37. The van der Waals surface area contributed by atoms with Crippen LogP contribution in [-0.2, 0) is 0 Å². The first kappa shape index (κ1) is 13.0. The van der Waals surface area contributed by atoms with E-state index in [1.54, 1.807) is 0 Å². The van der Waals surface area contributed by atoms with Crippen LogP contribution in [0.5, 0.6) is 0 Å². The molecule has 1 aliphatic rings. The molecule has 1 aliphatic heterocycles. The van der Waals surface area contributed by atoms with Crippen molar-refractivity contribution in [2.24, 2.45) is 5.92 Å². The van der Waals surface area contributed by atoms with Crippen LogP contribution in [0.15, 0.2) is 0 Å². The second-order valence-electron chi connectivity index (χ2n) is 5.41. The van der Waals surface area contributed by atoms with E-state index in [0.29, 0.717) is 0 Å². The van der Waals surface area contributed by atoms with Crippen LogP contribution in [-0.4, -0.2) is 49.1 Å². The van der Waals surface area contributed by atoms with Crippen molar-refractivity contribution in [1.29, 1.82) is 0 Å². The Morgan fingerprint density at radius 1 is 1.27 bits per heavy atom. The van der Waals surface area contributed by atoms with Gasteiger partial charge in [0.05, 0.1) is 0 Å². The lowest BCUT2D eigenvalue weighted by Crippen LogP contribution is -2.44. The molecule has 0 radical (unpaired) electrons. The van der Waals surface area contributed by atoms with Gasteiger partial charge in [-0.2, -0.15) is 0 Å². The van der Waals surface area contributed by atoms with Crippen molar-refractivity contribution in [3.8, 4) is 0 Å². The minimum atomic E-state index is 0.795. The maximum Gasteiger partial charge on any atom is 0.0117 e. The van der Waals surface area contributed by atoms with Crippen LogP contribution in [0.1, 0.15) is 40.0 Å². The Labute approximate surface area is 95.6 Å². The van der Waals surface area contributed by atoms with Crippen molar-refractivity contribution < 1.29 is 0 Å². The van der Waals surface area contributed by atoms with Crippen molar-refractivity contribution in [3.63, 3.8) is 0 Å². The summed E-state index contributed by atoms with van der Waals surface area (Å²) in [6.45, 7) is 12.0. The summed E-state index contributed by atoms with van der Waals surface area (Å²) < 4.78 is 0. The van der Waals surface area contributed by atoms with E-state index in [1.807, 2.05) is 0 Å². The molecule has 0 aromatic carbocycles. The van der Waals surface area contributed by atoms with E-state index in [-0.39, 0.29) is 0 Å². The SMILES string of the molecule is CCCN1CCC(N(C)CC(C)C)CC1. The van der Waals surface area contributed by atoms with Crippen LogP contribution >= 0.6 is 0 Å². The molecule has 0 bridgehead atoms. The maximum absolute atomic E-state index is 2.61. The van der Waals surface area contributed by atoms with Crippen molar-refractivity contribution in [2.45, 2.75) is 46.1 Å². The molecule has 0 N–H and O–H groups in total. The normalized spacial score (nSPS) is 20.4. The number of rotatable bonds is 5. The Morgan fingerprint density at radius 2 is 1.87 bits per heavy atom. The average Bonchev–Trinajstić information content (AvgIpc) is 2.18. The summed E-state index contributed by atoms with van der Waals surface area (Å²) in [6.07, 6.45) is 4.03. The summed E-state index contributed by atoms with van der Waals surface area (Å²) in [6, 6.07) is 0.834. The highest BCUT2D eigenvalue weighted by Gasteiger charge is 2.21. The molecule has 0 spiro atoms. The van der Waals surface area contributed by atoms with E-state index in [2.05, 4.69) is 37.6 Å². The van der Waals surface area contributed by atoms with Crippen LogP contribution in [0.3, 0.4) is 0 Å². The van der Waals surface area contributed by atoms with E-state index in [0.717, 1.165) is 12.0 Å². The summed E-state index contributed by atoms with van der Waals surface area (Å²) in [5.41, 5.74) is 0. The first-order valence-corrected chi connectivity index (χ1v) is 6.56. The molecule has 0 saturated carbocycles. The lowest BCUT2D eigenvalue weighted by atomic mass is 10.0. The first-order valence-electron chi connectivity index (χ1n) is 6.56. The van der Waals surface area contributed by atoms with Crippen LogP contribution in [0.2, 0.25) is 0 Å². The molecule has 1 saturated heterocycles. The average molecular weight is 212 g/mol. The minimum absolute atomic E-state index is 0.795. The van der Waals surface area contributed by atoms with E-state index < -0.39 is 0 Å². The summed E-state index contributed by atoms with van der Waals surface area (Å²) >= 11 is 0. The summed E-state index contributed by atoms with van der Waals surface area (Å²) in [4.78, 5) is 5.17. The van der Waals surface area contributed by atoms with Crippen molar-refractivity contribution in [1.82, 2.24) is 9.80 Å². The number of hydrogen-bond donors (Lipinski definition) is 0. The zero-order valence-corrected chi connectivity index (χ0v) is 11.0. The second kappa shape index (κ2) is 6.49. The minimum Gasteiger partial charge on any atom is -0.303 e. The number of likely N-dealkylation sites (tertiary alicyclic amines) is 1. The molecule has 0 aromatic heterocycles. The highest BCUT2D eigenvalue weighted by molar-refractivity contribution is 4.78. The molecular formula is C13H28N2. The van der Waals surface area contributed by atoms with Gasteiger partial charge in [-0.15, -0.1) is 0 Å². The predicted molar refractivity (Wildman–Crippen MR) is 67.2 cm³/mol. The predicted octanol–water partition coefficient (Wildman–Crippen LogP) is 2.45. The molecule has 1 fully saturated rings. The van der Waals surface area contributed by atoms with E-state index in [4.69, 9.17) is 0 Å². The van der Waals surface area contributed by atoms with Crippen LogP contribution in [0.4, 0.5) is 0 Å². The quantitative estimate of drug-likeness (QED) is 0.691. The molecular weight excluding hydrogens is 184 g/mol. The highest BCUT2D eigenvalue weighted by Crippen LogP contribution is 2.16. The van der Waals surface area contributed by atoms with Crippen LogP contribution in [0, 0.1) is 5.92 Å². The zero-order valence-electron chi connectivity index (χ0n) is 11.0. The number of nitrogens with zero attached hydrogens (tertiary/aromatic N) is 2. The number of hydrogen-bond acceptors (Lipinski definition) is 2. The van der Waals surface area contributed by atoms with Gasteiger partial charge in [-0.25, -0.2) is 0 Å². The van der Waals surface area contributed by atoms with Gasteiger partial charge >= 0.3 is 0 Å². The maximum atomic E-state index is 2.61. The Morgan fingerprint density at radius 3 is 2.33 bits per heavy atom. The van der Waals surface area contributed by atoms with Crippen LogP contribution < -0.4 is 0 Å². The molecule has 0 unspecified atom stereocenters. The fourth-order valence-corrected chi connectivity index (χ4v) is 2.62. The zero-order chi connectivity index (χ0) is 11.3. The molecule has 15 heavy (non-hydrogen) atoms. The van der Waals surface area contributed by atoms with Gasteiger partial charge in [-0.3, -0.25) is 0 Å². The van der Waals surface area contributed by atoms with Gasteiger partial charge in [-0.1, -0.05) is 20.8 Å². The van der Waals surface area contributed by atoms with Gasteiger partial charge in [0.2, 0.25) is 0 Å². The molecule has 0 aliphatic carbocycles.